The number of pyridine rings is 1. The van der Waals surface area contributed by atoms with Crippen molar-refractivity contribution in [3.8, 4) is 5.82 Å². The number of nitrogens with two attached hydrogens (primary N) is 1. The van der Waals surface area contributed by atoms with Crippen LogP contribution in [0.25, 0.3) is 5.82 Å². The van der Waals surface area contributed by atoms with E-state index in [1.165, 1.54) is 11.0 Å². The Morgan fingerprint density at radius 1 is 1.38 bits per heavy atom. The molecule has 0 aliphatic rings. The molecule has 5 nitrogen and oxygen atoms in total. The first kappa shape index (κ1) is 7.72. The van der Waals surface area contributed by atoms with E-state index >= 15 is 0 Å². The molecular weight excluding hydrogens is 166 g/mol. The van der Waals surface area contributed by atoms with Gasteiger partial charge in [0.1, 0.15) is 0 Å². The van der Waals surface area contributed by atoms with Crippen molar-refractivity contribution in [3.63, 3.8) is 0 Å². The fourth-order valence-electron chi connectivity index (χ4n) is 1.03. The molecule has 5 heteroatoms. The van der Waals surface area contributed by atoms with Crippen LogP contribution in [-0.4, -0.2) is 20.0 Å². The first-order valence-electron chi connectivity index (χ1n) is 3.87. The Morgan fingerprint density at radius 3 is 2.85 bits per heavy atom. The normalized spacial score (nSPS) is 10.2. The van der Waals surface area contributed by atoms with Crippen LogP contribution in [0.3, 0.4) is 0 Å². The summed E-state index contributed by atoms with van der Waals surface area (Å²) < 4.78 is 0. The van der Waals surface area contributed by atoms with Gasteiger partial charge in [-0.15, -0.1) is 9.90 Å². The molecule has 13 heavy (non-hydrogen) atoms. The number of hydrogen-bond acceptors (Lipinski definition) is 4. The average molecular weight is 175 g/mol. The first-order valence-corrected chi connectivity index (χ1v) is 3.87. The summed E-state index contributed by atoms with van der Waals surface area (Å²) in [7, 11) is 0. The highest BCUT2D eigenvalue weighted by atomic mass is 15.5. The minimum atomic E-state index is 0.392. The second kappa shape index (κ2) is 2.85. The maximum absolute atomic E-state index is 5.43. The highest BCUT2D eigenvalue weighted by Crippen LogP contribution is 2.03. The summed E-state index contributed by atoms with van der Waals surface area (Å²) in [6.45, 7) is 1.91. The van der Waals surface area contributed by atoms with Crippen molar-refractivity contribution in [2.45, 2.75) is 6.92 Å². The summed E-state index contributed by atoms with van der Waals surface area (Å²) in [6, 6.07) is 5.64. The lowest BCUT2D eigenvalue weighted by Gasteiger charge is -1.98. The SMILES string of the molecule is Cc1cccc(-n2ncc(N)n2)n1. The van der Waals surface area contributed by atoms with Gasteiger partial charge in [-0.1, -0.05) is 6.07 Å². The first-order chi connectivity index (χ1) is 6.25. The monoisotopic (exact) mass is 175 g/mol. The van der Waals surface area contributed by atoms with Gasteiger partial charge in [-0.05, 0) is 19.1 Å². The summed E-state index contributed by atoms with van der Waals surface area (Å²) in [4.78, 5) is 5.64. The molecule has 0 aliphatic carbocycles. The third-order valence-corrected chi connectivity index (χ3v) is 1.59. The molecule has 0 saturated heterocycles. The van der Waals surface area contributed by atoms with Crippen molar-refractivity contribution < 1.29 is 0 Å². The van der Waals surface area contributed by atoms with Gasteiger partial charge in [0.25, 0.3) is 0 Å². The van der Waals surface area contributed by atoms with Crippen LogP contribution in [0.4, 0.5) is 5.82 Å². The second-order valence-electron chi connectivity index (χ2n) is 2.70. The quantitative estimate of drug-likeness (QED) is 0.687. The molecule has 2 rings (SSSR count). The lowest BCUT2D eigenvalue weighted by molar-refractivity contribution is 0.728. The van der Waals surface area contributed by atoms with E-state index in [2.05, 4.69) is 15.2 Å². The zero-order chi connectivity index (χ0) is 9.26. The van der Waals surface area contributed by atoms with E-state index in [1.54, 1.807) is 0 Å². The minimum absolute atomic E-state index is 0.392. The van der Waals surface area contributed by atoms with E-state index in [1.807, 2.05) is 25.1 Å². The summed E-state index contributed by atoms with van der Waals surface area (Å²) in [5, 5.41) is 7.89. The van der Waals surface area contributed by atoms with Gasteiger partial charge < -0.3 is 5.73 Å². The van der Waals surface area contributed by atoms with Gasteiger partial charge in [0, 0.05) is 5.69 Å². The molecule has 0 unspecified atom stereocenters. The van der Waals surface area contributed by atoms with Gasteiger partial charge in [-0.3, -0.25) is 0 Å². The third kappa shape index (κ3) is 1.48. The third-order valence-electron chi connectivity index (χ3n) is 1.59. The molecule has 0 saturated carbocycles. The lowest BCUT2D eigenvalue weighted by Crippen LogP contribution is -2.02. The zero-order valence-corrected chi connectivity index (χ0v) is 7.18. The van der Waals surface area contributed by atoms with E-state index in [0.717, 1.165) is 5.69 Å². The van der Waals surface area contributed by atoms with E-state index in [0.29, 0.717) is 11.6 Å². The molecular formula is C8H9N5. The number of hydrogen-bond donors (Lipinski definition) is 1. The van der Waals surface area contributed by atoms with Gasteiger partial charge >= 0.3 is 0 Å². The van der Waals surface area contributed by atoms with Crippen molar-refractivity contribution in [1.29, 1.82) is 0 Å². The Kier molecular flexibility index (Phi) is 1.70. The van der Waals surface area contributed by atoms with Crippen LogP contribution in [0.15, 0.2) is 24.4 Å². The minimum Gasteiger partial charge on any atom is -0.381 e. The van der Waals surface area contributed by atoms with Crippen molar-refractivity contribution >= 4 is 5.82 Å². The van der Waals surface area contributed by atoms with Gasteiger partial charge in [0.15, 0.2) is 11.6 Å². The molecule has 0 aromatic carbocycles. The van der Waals surface area contributed by atoms with E-state index in [9.17, 15) is 0 Å². The van der Waals surface area contributed by atoms with Crippen molar-refractivity contribution in [1.82, 2.24) is 20.0 Å². The molecule has 0 fully saturated rings. The van der Waals surface area contributed by atoms with Gasteiger partial charge in [-0.25, -0.2) is 4.98 Å². The van der Waals surface area contributed by atoms with Crippen molar-refractivity contribution in [2.24, 2.45) is 0 Å². The van der Waals surface area contributed by atoms with Gasteiger partial charge in [-0.2, -0.15) is 5.10 Å². The van der Waals surface area contributed by atoms with Gasteiger partial charge in [0.2, 0.25) is 0 Å². The lowest BCUT2D eigenvalue weighted by atomic mass is 10.4. The Bertz CT molecular complexity index is 420. The van der Waals surface area contributed by atoms with Crippen LogP contribution in [0, 0.1) is 6.92 Å². The maximum Gasteiger partial charge on any atom is 0.174 e. The van der Waals surface area contributed by atoms with Crippen LogP contribution < -0.4 is 5.73 Å². The Morgan fingerprint density at radius 2 is 2.23 bits per heavy atom. The molecule has 0 radical (unpaired) electrons. The summed E-state index contributed by atoms with van der Waals surface area (Å²) in [5.74, 6) is 1.07. The Hall–Kier alpha value is -1.91. The summed E-state index contributed by atoms with van der Waals surface area (Å²) in [5.41, 5.74) is 6.36. The molecule has 0 bridgehead atoms. The molecule has 2 aromatic heterocycles. The molecule has 66 valence electrons. The van der Waals surface area contributed by atoms with E-state index < -0.39 is 0 Å². The zero-order valence-electron chi connectivity index (χ0n) is 7.18. The van der Waals surface area contributed by atoms with Crippen LogP contribution >= 0.6 is 0 Å². The average Bonchev–Trinajstić information content (AvgIpc) is 2.52. The largest absolute Gasteiger partial charge is 0.381 e. The van der Waals surface area contributed by atoms with Crippen LogP contribution in [-0.2, 0) is 0 Å². The molecule has 0 spiro atoms. The molecule has 0 amide bonds. The second-order valence-corrected chi connectivity index (χ2v) is 2.70. The highest BCUT2D eigenvalue weighted by molar-refractivity contribution is 5.26. The smallest absolute Gasteiger partial charge is 0.174 e. The maximum atomic E-state index is 5.43. The van der Waals surface area contributed by atoms with E-state index in [4.69, 9.17) is 5.73 Å². The fraction of sp³-hybridized carbons (Fsp3) is 0.125. The molecule has 0 aliphatic heterocycles. The Balaban J connectivity index is 2.46. The van der Waals surface area contributed by atoms with Gasteiger partial charge in [0.05, 0.1) is 6.20 Å². The standard InChI is InChI=1S/C8H9N5/c1-6-3-2-4-8(11-6)13-10-5-7(9)12-13/h2-5H,1H3,(H2,9,12). The van der Waals surface area contributed by atoms with Crippen LogP contribution in [0.1, 0.15) is 5.69 Å². The number of aromatic nitrogens is 4. The molecule has 2 heterocycles. The van der Waals surface area contributed by atoms with Crippen LogP contribution in [0.5, 0.6) is 0 Å². The topological polar surface area (TPSA) is 69.6 Å². The Labute approximate surface area is 75.2 Å². The van der Waals surface area contributed by atoms with E-state index in [-0.39, 0.29) is 0 Å². The van der Waals surface area contributed by atoms with Crippen LogP contribution in [0.2, 0.25) is 0 Å². The number of rotatable bonds is 1. The predicted octanol–water partition coefficient (Wildman–Crippen LogP) is 0.553. The molecule has 0 atom stereocenters. The number of aryl methyl sites for hydroxylation is 1. The molecule has 2 N–H and O–H groups in total. The summed E-state index contributed by atoms with van der Waals surface area (Å²) >= 11 is 0. The van der Waals surface area contributed by atoms with Crippen molar-refractivity contribution in [3.05, 3.63) is 30.1 Å². The fourth-order valence-corrected chi connectivity index (χ4v) is 1.03. The summed E-state index contributed by atoms with van der Waals surface area (Å²) in [6.07, 6.45) is 1.49. The molecule has 2 aromatic rings. The predicted molar refractivity (Wildman–Crippen MR) is 48.3 cm³/mol. The highest BCUT2D eigenvalue weighted by Gasteiger charge is 2.00. The van der Waals surface area contributed by atoms with Crippen molar-refractivity contribution in [2.75, 3.05) is 5.73 Å². The number of nitrogens with zero attached hydrogens (tertiary/aromatic N) is 4. The number of anilines is 1. The number of nitrogen functional groups attached to an aromatic ring is 1.